The quantitative estimate of drug-likeness (QED) is 0.0245. The van der Waals surface area contributed by atoms with Crippen molar-refractivity contribution < 1.29 is 63.2 Å². The molecular formula is C62H113N3O13S. The Kier molecular flexibility index (Phi) is 50.6. The fourth-order valence-corrected chi connectivity index (χ4v) is 10.5. The van der Waals surface area contributed by atoms with Gasteiger partial charge in [-0.2, -0.15) is 11.8 Å². The van der Waals surface area contributed by atoms with Crippen LogP contribution in [-0.2, 0) is 47.8 Å². The standard InChI is InChI=1S/C62H113N3O13S/c1-4-7-10-13-16-19-22-24-27-30-33-36-39-42-58(71)77-48-51(78-59(72)43-40-37-34-31-28-25-23-20-17-14-11-8-5-2)49-79-50-54(63-55(66)41-38-35-32-29-26-21-18-15-12-9-6-3)61(74)64-52(44-46-56(67)68)60(73)65-53(62(75)76)45-47-57(69)70/h51-54H,4-50H2,1-3H3,(H,63,66)(H,64,74)(H,65,73)(H,67,68)(H,69,70)(H,75,76)/t51-,52-,53+,54?/m1/s1/i/hD. The molecule has 0 saturated carbocycles. The van der Waals surface area contributed by atoms with E-state index < -0.39 is 97.5 Å². The van der Waals surface area contributed by atoms with Crippen molar-refractivity contribution in [2.45, 2.75) is 328 Å². The Hall–Kier alpha value is -3.89. The van der Waals surface area contributed by atoms with E-state index in [-0.39, 0.29) is 37.4 Å². The molecule has 0 aliphatic rings. The molecule has 1 unspecified atom stereocenters. The van der Waals surface area contributed by atoms with Gasteiger partial charge in [-0.3, -0.25) is 33.6 Å². The van der Waals surface area contributed by atoms with Crippen molar-refractivity contribution in [1.29, 1.82) is 1.43 Å². The van der Waals surface area contributed by atoms with Crippen LogP contribution in [0, 0.1) is 0 Å². The highest BCUT2D eigenvalue weighted by atomic mass is 32.2. The molecule has 6 N–H and O–H groups in total. The number of thioether (sulfide) groups is 1. The number of hydrogen-bond acceptors (Lipinski definition) is 12. The lowest BCUT2D eigenvalue weighted by molar-refractivity contribution is -0.157. The molecule has 16 nitrogen and oxygen atoms in total. The number of carboxylic acids is 3. The summed E-state index contributed by atoms with van der Waals surface area (Å²) >= 11 is 1.17. The molecule has 0 heterocycles. The van der Waals surface area contributed by atoms with Gasteiger partial charge in [-0.05, 0) is 32.1 Å². The maximum absolute atomic E-state index is 14.1. The first-order chi connectivity index (χ1) is 38.8. The van der Waals surface area contributed by atoms with Crippen LogP contribution >= 0.6 is 11.8 Å². The Morgan fingerprint density at radius 3 is 1.16 bits per heavy atom. The Morgan fingerprint density at radius 1 is 0.405 bits per heavy atom. The number of nitrogens with one attached hydrogen (secondary N) is 3. The molecule has 3 amide bonds. The summed E-state index contributed by atoms with van der Waals surface area (Å²) in [6, 6.07) is -4.44. The third kappa shape index (κ3) is 49.6. The van der Waals surface area contributed by atoms with Gasteiger partial charge in [0.2, 0.25) is 17.7 Å². The van der Waals surface area contributed by atoms with Crippen LogP contribution in [0.3, 0.4) is 0 Å². The molecule has 0 aromatic heterocycles. The van der Waals surface area contributed by atoms with E-state index in [0.717, 1.165) is 64.2 Å². The molecule has 0 bridgehead atoms. The van der Waals surface area contributed by atoms with Gasteiger partial charge in [0.15, 0.2) is 0 Å². The molecule has 460 valence electrons. The van der Waals surface area contributed by atoms with Gasteiger partial charge in [0.1, 0.15) is 30.8 Å². The smallest absolute Gasteiger partial charge is 0.326 e. The summed E-state index contributed by atoms with van der Waals surface area (Å²) in [5.74, 6) is -6.89. The lowest BCUT2D eigenvalue weighted by atomic mass is 10.0. The number of carboxylic acid groups (broad SMARTS) is 3. The minimum Gasteiger partial charge on any atom is -0.481 e. The summed E-state index contributed by atoms with van der Waals surface area (Å²) in [5.41, 5.74) is 0. The number of carbonyl (C=O) groups is 8. The monoisotopic (exact) mass is 1140 g/mol. The van der Waals surface area contributed by atoms with E-state index in [2.05, 4.69) is 41.8 Å². The fourth-order valence-electron chi connectivity index (χ4n) is 9.51. The molecule has 0 aliphatic carbocycles. The zero-order chi connectivity index (χ0) is 59.1. The molecule has 79 heavy (non-hydrogen) atoms. The number of ether oxygens (including phenoxy) is 2. The maximum Gasteiger partial charge on any atom is 0.326 e. The normalized spacial score (nSPS) is 12.9. The number of carbonyl (C=O) groups excluding carboxylic acids is 5. The maximum atomic E-state index is 14.1. The summed E-state index contributed by atoms with van der Waals surface area (Å²) < 4.78 is 18.5. The zero-order valence-electron chi connectivity index (χ0n) is 50.8. The second-order valence-electron chi connectivity index (χ2n) is 22.0. The van der Waals surface area contributed by atoms with Gasteiger partial charge in [0, 0.05) is 43.6 Å². The third-order valence-corrected chi connectivity index (χ3v) is 15.7. The first-order valence-corrected chi connectivity index (χ1v) is 32.9. The van der Waals surface area contributed by atoms with E-state index in [0.29, 0.717) is 19.3 Å². The van der Waals surface area contributed by atoms with Gasteiger partial charge in [-0.25, -0.2) is 4.79 Å². The Morgan fingerprint density at radius 2 is 0.759 bits per heavy atom. The Balaban J connectivity index is 5.91. The predicted octanol–water partition coefficient (Wildman–Crippen LogP) is 14.1. The number of hydrogen-bond donors (Lipinski definition) is 6. The molecule has 4 atom stereocenters. The van der Waals surface area contributed by atoms with Gasteiger partial charge in [-0.1, -0.05) is 239 Å². The summed E-state index contributed by atoms with van der Waals surface area (Å²) in [6.07, 6.45) is 40.2. The summed E-state index contributed by atoms with van der Waals surface area (Å²) in [7, 11) is 0. The van der Waals surface area contributed by atoms with Crippen molar-refractivity contribution in [2.24, 2.45) is 0 Å². The molecular weight excluding hydrogens is 1030 g/mol. The Bertz CT molecular complexity index is 1610. The predicted molar refractivity (Wildman–Crippen MR) is 317 cm³/mol. The highest BCUT2D eigenvalue weighted by Crippen LogP contribution is 2.18. The van der Waals surface area contributed by atoms with Crippen LogP contribution in [0.25, 0.3) is 1.43 Å². The number of amides is 3. The molecule has 0 fully saturated rings. The number of unbranched alkanes of at least 4 members (excludes halogenated alkanes) is 34. The molecule has 0 aliphatic heterocycles. The first-order valence-electron chi connectivity index (χ1n) is 32.1. The minimum absolute atomic E-state index is 0.0743. The molecule has 0 aromatic rings. The molecule has 0 radical (unpaired) electrons. The van der Waals surface area contributed by atoms with Crippen molar-refractivity contribution in [3.8, 4) is 0 Å². The van der Waals surface area contributed by atoms with Crippen molar-refractivity contribution in [3.63, 3.8) is 0 Å². The van der Waals surface area contributed by atoms with Gasteiger partial charge in [0.25, 0.3) is 1.43 Å². The van der Waals surface area contributed by atoms with E-state index in [1.807, 2.05) is 0 Å². The molecule has 0 aromatic carbocycles. The van der Waals surface area contributed by atoms with Crippen LogP contribution in [0.1, 0.15) is 303 Å². The molecule has 0 saturated heterocycles. The van der Waals surface area contributed by atoms with Crippen LogP contribution in [-0.4, -0.2) is 105 Å². The first kappa shape index (κ1) is 73.1. The van der Waals surface area contributed by atoms with E-state index in [1.165, 1.54) is 166 Å². The molecule has 0 rings (SSSR count). The van der Waals surface area contributed by atoms with Gasteiger partial charge < -0.3 is 40.7 Å². The summed E-state index contributed by atoms with van der Waals surface area (Å²) in [4.78, 5) is 103. The number of aliphatic carboxylic acids is 3. The van der Waals surface area contributed by atoms with Crippen molar-refractivity contribution in [2.75, 3.05) is 18.1 Å². The van der Waals surface area contributed by atoms with Gasteiger partial charge in [0.05, 0.1) is 0 Å². The zero-order valence-corrected chi connectivity index (χ0v) is 50.7. The Labute approximate surface area is 483 Å². The van der Waals surface area contributed by atoms with Crippen LogP contribution in [0.5, 0.6) is 0 Å². The van der Waals surface area contributed by atoms with Crippen LogP contribution in [0.2, 0.25) is 0 Å². The topological polar surface area (TPSA) is 252 Å². The van der Waals surface area contributed by atoms with E-state index >= 15 is 0 Å². The second-order valence-corrected chi connectivity index (χ2v) is 23.1. The number of rotatable bonds is 59. The second kappa shape index (κ2) is 54.7. The van der Waals surface area contributed by atoms with E-state index in [4.69, 9.17) is 16.0 Å². The summed E-state index contributed by atoms with van der Waals surface area (Å²) in [5, 5.41) is 30.4. The highest BCUT2D eigenvalue weighted by Gasteiger charge is 2.31. The fraction of sp³-hybridized carbons (Fsp3) is 0.871. The van der Waals surface area contributed by atoms with E-state index in [1.54, 1.807) is 0 Å². The van der Waals surface area contributed by atoms with E-state index in [9.17, 15) is 43.5 Å². The van der Waals surface area contributed by atoms with Crippen LogP contribution in [0.15, 0.2) is 0 Å². The van der Waals surface area contributed by atoms with Gasteiger partial charge >= 0.3 is 29.8 Å². The van der Waals surface area contributed by atoms with Crippen LogP contribution in [0.4, 0.5) is 0 Å². The van der Waals surface area contributed by atoms with Crippen molar-refractivity contribution >= 4 is 59.3 Å². The summed E-state index contributed by atoms with van der Waals surface area (Å²) in [6.45, 7) is 6.47. The SMILES string of the molecule is [2H]OC(=O)CC[C@@H](NC(=O)C(CSC[C@@H](COC(=O)CCCCCCCCCCCCCCC)OC(=O)CCCCCCCCCCCCCCC)NC(=O)CCCCCCCCCCCCC)C(=O)N[C@@H](CCC(=O)O)C(=O)O. The molecule has 0 spiro atoms. The average molecular weight is 1140 g/mol. The number of esters is 2. The average Bonchev–Trinajstić information content (AvgIpc) is 3.43. The largest absolute Gasteiger partial charge is 0.481 e. The third-order valence-electron chi connectivity index (χ3n) is 14.5. The van der Waals surface area contributed by atoms with Crippen molar-refractivity contribution in [1.82, 2.24) is 16.0 Å². The highest BCUT2D eigenvalue weighted by molar-refractivity contribution is 7.99. The lowest BCUT2D eigenvalue weighted by Crippen LogP contribution is -2.56. The van der Waals surface area contributed by atoms with Gasteiger partial charge in [-0.15, -0.1) is 0 Å². The molecule has 17 heteroatoms. The van der Waals surface area contributed by atoms with Crippen molar-refractivity contribution in [3.05, 3.63) is 0 Å². The minimum atomic E-state index is -1.63. The lowest BCUT2D eigenvalue weighted by Gasteiger charge is -2.25. The van der Waals surface area contributed by atoms with Crippen LogP contribution < -0.4 is 16.0 Å².